The molecular formula is C17H13ClO3. The number of benzene rings is 2. The van der Waals surface area contributed by atoms with Crippen LogP contribution in [-0.4, -0.2) is 16.9 Å². The van der Waals surface area contributed by atoms with Gasteiger partial charge in [0.1, 0.15) is 0 Å². The zero-order valence-electron chi connectivity index (χ0n) is 11.3. The van der Waals surface area contributed by atoms with Crippen LogP contribution in [0.15, 0.2) is 54.6 Å². The SMILES string of the molecule is Cc1cc(Cl)ccc1-c1ccc(C(=O)C=CC(=O)O)cc1. The first-order valence-corrected chi connectivity index (χ1v) is 6.67. The highest BCUT2D eigenvalue weighted by Gasteiger charge is 2.05. The number of rotatable bonds is 4. The van der Waals surface area contributed by atoms with Gasteiger partial charge in [0.2, 0.25) is 0 Å². The van der Waals surface area contributed by atoms with Gasteiger partial charge in [-0.1, -0.05) is 41.9 Å². The molecule has 0 fully saturated rings. The highest BCUT2D eigenvalue weighted by Crippen LogP contribution is 2.26. The van der Waals surface area contributed by atoms with Gasteiger partial charge in [-0.05, 0) is 41.8 Å². The molecule has 4 heteroatoms. The molecule has 0 aliphatic heterocycles. The van der Waals surface area contributed by atoms with Gasteiger partial charge in [0.25, 0.3) is 0 Å². The van der Waals surface area contributed by atoms with Crippen LogP contribution in [-0.2, 0) is 4.79 Å². The molecule has 3 nitrogen and oxygen atoms in total. The van der Waals surface area contributed by atoms with E-state index in [9.17, 15) is 9.59 Å². The first-order chi connectivity index (χ1) is 9.97. The average molecular weight is 301 g/mol. The van der Waals surface area contributed by atoms with Gasteiger partial charge in [0, 0.05) is 16.7 Å². The second kappa shape index (κ2) is 6.37. The van der Waals surface area contributed by atoms with Crippen LogP contribution in [0.2, 0.25) is 5.02 Å². The number of halogens is 1. The Kier molecular flexibility index (Phi) is 4.55. The fourth-order valence-corrected chi connectivity index (χ4v) is 2.23. The van der Waals surface area contributed by atoms with Crippen molar-refractivity contribution in [3.8, 4) is 11.1 Å². The molecule has 0 aliphatic carbocycles. The second-order valence-electron chi connectivity index (χ2n) is 4.57. The summed E-state index contributed by atoms with van der Waals surface area (Å²) in [5, 5.41) is 9.19. The van der Waals surface area contributed by atoms with E-state index in [4.69, 9.17) is 16.7 Å². The zero-order valence-corrected chi connectivity index (χ0v) is 12.1. The van der Waals surface area contributed by atoms with Crippen molar-refractivity contribution < 1.29 is 14.7 Å². The lowest BCUT2D eigenvalue weighted by Crippen LogP contribution is -1.96. The summed E-state index contributed by atoms with van der Waals surface area (Å²) in [7, 11) is 0. The zero-order chi connectivity index (χ0) is 15.4. The summed E-state index contributed by atoms with van der Waals surface area (Å²) in [5.74, 6) is -1.48. The van der Waals surface area contributed by atoms with Gasteiger partial charge >= 0.3 is 5.97 Å². The minimum Gasteiger partial charge on any atom is -0.478 e. The molecular weight excluding hydrogens is 288 g/mol. The summed E-state index contributed by atoms with van der Waals surface area (Å²) in [5.41, 5.74) is 3.51. The molecule has 2 aromatic carbocycles. The van der Waals surface area contributed by atoms with Crippen molar-refractivity contribution in [2.24, 2.45) is 0 Å². The molecule has 0 radical (unpaired) electrons. The summed E-state index contributed by atoms with van der Waals surface area (Å²) in [6, 6.07) is 12.6. The van der Waals surface area contributed by atoms with E-state index in [1.807, 2.05) is 37.3 Å². The fourth-order valence-electron chi connectivity index (χ4n) is 2.01. The molecule has 21 heavy (non-hydrogen) atoms. The van der Waals surface area contributed by atoms with Crippen molar-refractivity contribution in [2.75, 3.05) is 0 Å². The van der Waals surface area contributed by atoms with Gasteiger partial charge in [0.05, 0.1) is 0 Å². The molecule has 1 N–H and O–H groups in total. The molecule has 0 aliphatic rings. The predicted octanol–water partition coefficient (Wildman–Crippen LogP) is 4.14. The summed E-state index contributed by atoms with van der Waals surface area (Å²) < 4.78 is 0. The number of ketones is 1. The Balaban J connectivity index is 2.26. The van der Waals surface area contributed by atoms with E-state index >= 15 is 0 Å². The van der Waals surface area contributed by atoms with Crippen molar-refractivity contribution in [1.29, 1.82) is 0 Å². The summed E-state index contributed by atoms with van der Waals surface area (Å²) in [6.45, 7) is 1.97. The fraction of sp³-hybridized carbons (Fsp3) is 0.0588. The van der Waals surface area contributed by atoms with E-state index in [0.29, 0.717) is 10.6 Å². The third-order valence-electron chi connectivity index (χ3n) is 3.05. The third-order valence-corrected chi connectivity index (χ3v) is 3.28. The van der Waals surface area contributed by atoms with Crippen LogP contribution in [0.5, 0.6) is 0 Å². The maximum Gasteiger partial charge on any atom is 0.328 e. The number of aliphatic carboxylic acids is 1. The van der Waals surface area contributed by atoms with Crippen molar-refractivity contribution in [2.45, 2.75) is 6.92 Å². The molecule has 0 saturated heterocycles. The highest BCUT2D eigenvalue weighted by atomic mass is 35.5. The van der Waals surface area contributed by atoms with E-state index in [0.717, 1.165) is 28.8 Å². The first kappa shape index (κ1) is 15.0. The Labute approximate surface area is 127 Å². The average Bonchev–Trinajstić information content (AvgIpc) is 2.45. The maximum atomic E-state index is 11.7. The number of allylic oxidation sites excluding steroid dienone is 1. The van der Waals surface area contributed by atoms with E-state index in [2.05, 4.69) is 0 Å². The quantitative estimate of drug-likeness (QED) is 0.682. The number of hydrogen-bond acceptors (Lipinski definition) is 2. The van der Waals surface area contributed by atoms with E-state index < -0.39 is 5.97 Å². The highest BCUT2D eigenvalue weighted by molar-refractivity contribution is 6.30. The van der Waals surface area contributed by atoms with Gasteiger partial charge in [-0.25, -0.2) is 4.79 Å². The van der Waals surface area contributed by atoms with Crippen molar-refractivity contribution in [3.63, 3.8) is 0 Å². The third kappa shape index (κ3) is 3.80. The van der Waals surface area contributed by atoms with E-state index in [-0.39, 0.29) is 5.78 Å². The van der Waals surface area contributed by atoms with Gasteiger partial charge in [0.15, 0.2) is 5.78 Å². The number of carboxylic acid groups (broad SMARTS) is 1. The Morgan fingerprint density at radius 1 is 1.05 bits per heavy atom. The second-order valence-corrected chi connectivity index (χ2v) is 5.01. The Hall–Kier alpha value is -2.39. The van der Waals surface area contributed by atoms with Gasteiger partial charge < -0.3 is 5.11 Å². The van der Waals surface area contributed by atoms with E-state index in [1.165, 1.54) is 0 Å². The van der Waals surface area contributed by atoms with Crippen LogP contribution in [0.25, 0.3) is 11.1 Å². The molecule has 2 aromatic rings. The van der Waals surface area contributed by atoms with Crippen LogP contribution in [0, 0.1) is 6.92 Å². The number of aryl methyl sites for hydroxylation is 1. The normalized spacial score (nSPS) is 10.8. The molecule has 0 atom stereocenters. The smallest absolute Gasteiger partial charge is 0.328 e. The van der Waals surface area contributed by atoms with Crippen molar-refractivity contribution in [3.05, 3.63) is 70.8 Å². The van der Waals surface area contributed by atoms with Crippen molar-refractivity contribution >= 4 is 23.4 Å². The number of carbonyl (C=O) groups excluding carboxylic acids is 1. The summed E-state index contributed by atoms with van der Waals surface area (Å²) >= 11 is 5.93. The number of hydrogen-bond donors (Lipinski definition) is 1. The molecule has 0 saturated carbocycles. The monoisotopic (exact) mass is 300 g/mol. The molecule has 106 valence electrons. The maximum absolute atomic E-state index is 11.7. The van der Waals surface area contributed by atoms with Crippen LogP contribution in [0.1, 0.15) is 15.9 Å². The van der Waals surface area contributed by atoms with Gasteiger partial charge in [-0.15, -0.1) is 0 Å². The minimum atomic E-state index is -1.14. The lowest BCUT2D eigenvalue weighted by molar-refractivity contribution is -0.131. The van der Waals surface area contributed by atoms with Gasteiger partial charge in [-0.2, -0.15) is 0 Å². The predicted molar refractivity (Wildman–Crippen MR) is 82.7 cm³/mol. The van der Waals surface area contributed by atoms with Crippen LogP contribution in [0.3, 0.4) is 0 Å². The Morgan fingerprint density at radius 3 is 2.29 bits per heavy atom. The van der Waals surface area contributed by atoms with E-state index in [1.54, 1.807) is 12.1 Å². The standard InChI is InChI=1S/C17H13ClO3/c1-11-10-14(18)6-7-15(11)12-2-4-13(5-3-12)16(19)8-9-17(20)21/h2-10H,1H3,(H,20,21). The molecule has 0 bridgehead atoms. The Bertz CT molecular complexity index is 715. The first-order valence-electron chi connectivity index (χ1n) is 6.29. The molecule has 2 rings (SSSR count). The van der Waals surface area contributed by atoms with Gasteiger partial charge in [-0.3, -0.25) is 4.79 Å². The number of carbonyl (C=O) groups is 2. The minimum absolute atomic E-state index is 0.336. The molecule has 0 spiro atoms. The van der Waals surface area contributed by atoms with Crippen LogP contribution < -0.4 is 0 Å². The van der Waals surface area contributed by atoms with Crippen LogP contribution >= 0.6 is 11.6 Å². The molecule has 0 aromatic heterocycles. The largest absolute Gasteiger partial charge is 0.478 e. The number of carboxylic acids is 1. The van der Waals surface area contributed by atoms with Crippen molar-refractivity contribution in [1.82, 2.24) is 0 Å². The summed E-state index contributed by atoms with van der Waals surface area (Å²) in [6.07, 6.45) is 1.88. The summed E-state index contributed by atoms with van der Waals surface area (Å²) in [4.78, 5) is 22.1. The molecule has 0 amide bonds. The Morgan fingerprint density at radius 2 is 1.71 bits per heavy atom. The molecule has 0 heterocycles. The topological polar surface area (TPSA) is 54.4 Å². The molecule has 0 unspecified atom stereocenters. The van der Waals surface area contributed by atoms with Crippen LogP contribution in [0.4, 0.5) is 0 Å². The lowest BCUT2D eigenvalue weighted by atomic mass is 9.99. The lowest BCUT2D eigenvalue weighted by Gasteiger charge is -2.07.